The van der Waals surface area contributed by atoms with Crippen molar-refractivity contribution in [1.82, 2.24) is 4.98 Å². The molecule has 74 valence electrons. The third-order valence-corrected chi connectivity index (χ3v) is 2.53. The van der Waals surface area contributed by atoms with E-state index in [2.05, 4.69) is 4.98 Å². The van der Waals surface area contributed by atoms with E-state index in [0.717, 1.165) is 0 Å². The molecule has 2 N–H and O–H groups in total. The van der Waals surface area contributed by atoms with Crippen molar-refractivity contribution in [3.05, 3.63) is 16.1 Å². The topological polar surface area (TPSA) is 38.9 Å². The molecule has 0 aromatic carbocycles. The van der Waals surface area contributed by atoms with Gasteiger partial charge in [0.1, 0.15) is 0 Å². The van der Waals surface area contributed by atoms with Crippen LogP contribution in [0.1, 0.15) is 23.5 Å². The van der Waals surface area contributed by atoms with Crippen molar-refractivity contribution in [3.8, 4) is 0 Å². The molecule has 13 heavy (non-hydrogen) atoms. The molecule has 1 aromatic heterocycles. The van der Waals surface area contributed by atoms with Crippen LogP contribution in [0.4, 0.5) is 13.2 Å². The number of rotatable bonds is 2. The molecule has 0 bridgehead atoms. The third kappa shape index (κ3) is 2.41. The number of nitrogens with zero attached hydrogens (tertiary/aromatic N) is 1. The zero-order valence-corrected chi connectivity index (χ0v) is 7.75. The summed E-state index contributed by atoms with van der Waals surface area (Å²) in [6.45, 7) is 2.05. The van der Waals surface area contributed by atoms with Crippen LogP contribution < -0.4 is 5.73 Å². The van der Waals surface area contributed by atoms with Crippen LogP contribution in [-0.2, 0) is 6.18 Å². The standard InChI is InChI=1S/C7H9F3N2S/c1-4(2-11)5-3-13-6(12-5)7(8,9)10/h3-4H,2,11H2,1H3. The molecule has 0 amide bonds. The van der Waals surface area contributed by atoms with Crippen molar-refractivity contribution in [2.24, 2.45) is 5.73 Å². The molecular formula is C7H9F3N2S. The zero-order valence-electron chi connectivity index (χ0n) is 6.93. The molecule has 6 heteroatoms. The molecule has 1 unspecified atom stereocenters. The van der Waals surface area contributed by atoms with E-state index in [1.54, 1.807) is 6.92 Å². The van der Waals surface area contributed by atoms with E-state index >= 15 is 0 Å². The molecule has 2 nitrogen and oxygen atoms in total. The van der Waals surface area contributed by atoms with Crippen molar-refractivity contribution >= 4 is 11.3 Å². The Morgan fingerprint density at radius 3 is 2.62 bits per heavy atom. The van der Waals surface area contributed by atoms with E-state index in [4.69, 9.17) is 5.73 Å². The highest BCUT2D eigenvalue weighted by atomic mass is 32.1. The minimum absolute atomic E-state index is 0.118. The van der Waals surface area contributed by atoms with Gasteiger partial charge in [-0.15, -0.1) is 11.3 Å². The quantitative estimate of drug-likeness (QED) is 0.812. The van der Waals surface area contributed by atoms with Gasteiger partial charge in [-0.1, -0.05) is 6.92 Å². The van der Waals surface area contributed by atoms with E-state index in [1.165, 1.54) is 5.38 Å². The average Bonchev–Trinajstić information content (AvgIpc) is 2.50. The van der Waals surface area contributed by atoms with E-state index in [9.17, 15) is 13.2 Å². The van der Waals surface area contributed by atoms with Crippen molar-refractivity contribution in [1.29, 1.82) is 0 Å². The molecule has 1 heterocycles. The van der Waals surface area contributed by atoms with Gasteiger partial charge in [-0.2, -0.15) is 13.2 Å². The monoisotopic (exact) mass is 210 g/mol. The lowest BCUT2D eigenvalue weighted by atomic mass is 10.1. The molecular weight excluding hydrogens is 201 g/mol. The third-order valence-electron chi connectivity index (χ3n) is 1.62. The van der Waals surface area contributed by atoms with Gasteiger partial charge >= 0.3 is 6.18 Å². The highest BCUT2D eigenvalue weighted by molar-refractivity contribution is 7.09. The molecule has 1 aromatic rings. The summed E-state index contributed by atoms with van der Waals surface area (Å²) in [5, 5.41) is 0.600. The summed E-state index contributed by atoms with van der Waals surface area (Å²) < 4.78 is 36.3. The molecule has 1 rings (SSSR count). The molecule has 0 radical (unpaired) electrons. The minimum atomic E-state index is -4.34. The Labute approximate surface area is 77.6 Å². The van der Waals surface area contributed by atoms with E-state index < -0.39 is 11.2 Å². The van der Waals surface area contributed by atoms with Crippen LogP contribution in [0.15, 0.2) is 5.38 Å². The fourth-order valence-corrected chi connectivity index (χ4v) is 1.57. The van der Waals surface area contributed by atoms with Gasteiger partial charge in [0.15, 0.2) is 5.01 Å². The maximum Gasteiger partial charge on any atom is 0.443 e. The highest BCUT2D eigenvalue weighted by Crippen LogP contribution is 2.32. The Kier molecular flexibility index (Phi) is 2.92. The van der Waals surface area contributed by atoms with Crippen LogP contribution >= 0.6 is 11.3 Å². The first-order chi connectivity index (χ1) is 5.95. The normalized spacial score (nSPS) is 14.5. The van der Waals surface area contributed by atoms with E-state index in [0.29, 0.717) is 23.6 Å². The first-order valence-electron chi connectivity index (χ1n) is 3.68. The van der Waals surface area contributed by atoms with Crippen LogP contribution in [0.25, 0.3) is 0 Å². The first-order valence-corrected chi connectivity index (χ1v) is 4.55. The summed E-state index contributed by atoms with van der Waals surface area (Å²) in [7, 11) is 0. The van der Waals surface area contributed by atoms with Gasteiger partial charge in [-0.25, -0.2) is 4.98 Å². The van der Waals surface area contributed by atoms with Crippen LogP contribution in [0.2, 0.25) is 0 Å². The number of thiazole rings is 1. The maximum atomic E-state index is 12.1. The Hall–Kier alpha value is -0.620. The zero-order chi connectivity index (χ0) is 10.1. The molecule has 0 aliphatic carbocycles. The van der Waals surface area contributed by atoms with Crippen molar-refractivity contribution in [2.45, 2.75) is 19.0 Å². The number of alkyl halides is 3. The van der Waals surface area contributed by atoms with Gasteiger partial charge in [-0.05, 0) is 0 Å². The Morgan fingerprint density at radius 1 is 1.62 bits per heavy atom. The van der Waals surface area contributed by atoms with Gasteiger partial charge in [0.05, 0.1) is 5.69 Å². The predicted molar refractivity (Wildman–Crippen MR) is 44.6 cm³/mol. The summed E-state index contributed by atoms with van der Waals surface area (Å²) in [5.74, 6) is -0.118. The van der Waals surface area contributed by atoms with E-state index in [1.807, 2.05) is 0 Å². The summed E-state index contributed by atoms with van der Waals surface area (Å²) >= 11 is 0.609. The lowest BCUT2D eigenvalue weighted by molar-refractivity contribution is -0.137. The van der Waals surface area contributed by atoms with Gasteiger partial charge in [0.25, 0.3) is 0 Å². The Balaban J connectivity index is 2.87. The number of hydrogen-bond donors (Lipinski definition) is 1. The largest absolute Gasteiger partial charge is 0.443 e. The summed E-state index contributed by atoms with van der Waals surface area (Å²) in [4.78, 5) is 3.47. The fourth-order valence-electron chi connectivity index (χ4n) is 0.763. The second-order valence-electron chi connectivity index (χ2n) is 2.71. The SMILES string of the molecule is CC(CN)c1csc(C(F)(F)F)n1. The predicted octanol–water partition coefficient (Wildman–Crippen LogP) is 2.22. The van der Waals surface area contributed by atoms with Gasteiger partial charge in [-0.3, -0.25) is 0 Å². The average molecular weight is 210 g/mol. The van der Waals surface area contributed by atoms with Gasteiger partial charge in [0.2, 0.25) is 0 Å². The molecule has 1 atom stereocenters. The summed E-state index contributed by atoms with van der Waals surface area (Å²) in [6, 6.07) is 0. The smallest absolute Gasteiger partial charge is 0.330 e. The summed E-state index contributed by atoms with van der Waals surface area (Å²) in [5.41, 5.74) is 5.72. The van der Waals surface area contributed by atoms with Gasteiger partial charge < -0.3 is 5.73 Å². The fraction of sp³-hybridized carbons (Fsp3) is 0.571. The lowest BCUT2D eigenvalue weighted by Gasteiger charge is -2.03. The second-order valence-corrected chi connectivity index (χ2v) is 3.57. The Bertz CT molecular complexity index is 282. The number of nitrogens with two attached hydrogens (primary N) is 1. The van der Waals surface area contributed by atoms with Crippen LogP contribution in [-0.4, -0.2) is 11.5 Å². The molecule has 0 saturated carbocycles. The van der Waals surface area contributed by atoms with Crippen molar-refractivity contribution in [3.63, 3.8) is 0 Å². The van der Waals surface area contributed by atoms with E-state index in [-0.39, 0.29) is 5.92 Å². The molecule has 0 fully saturated rings. The molecule has 0 spiro atoms. The second kappa shape index (κ2) is 3.63. The molecule has 0 aliphatic rings. The first kappa shape index (κ1) is 10.5. The number of aromatic nitrogens is 1. The van der Waals surface area contributed by atoms with Crippen LogP contribution in [0.5, 0.6) is 0 Å². The van der Waals surface area contributed by atoms with Crippen LogP contribution in [0, 0.1) is 0 Å². The van der Waals surface area contributed by atoms with Crippen LogP contribution in [0.3, 0.4) is 0 Å². The molecule has 0 aliphatic heterocycles. The highest BCUT2D eigenvalue weighted by Gasteiger charge is 2.34. The maximum absolute atomic E-state index is 12.1. The van der Waals surface area contributed by atoms with Crippen molar-refractivity contribution in [2.75, 3.05) is 6.54 Å². The minimum Gasteiger partial charge on any atom is -0.330 e. The number of hydrogen-bond acceptors (Lipinski definition) is 3. The van der Waals surface area contributed by atoms with Gasteiger partial charge in [0, 0.05) is 17.8 Å². The van der Waals surface area contributed by atoms with Crippen molar-refractivity contribution < 1.29 is 13.2 Å². The Morgan fingerprint density at radius 2 is 2.23 bits per heavy atom. The lowest BCUT2D eigenvalue weighted by Crippen LogP contribution is -2.10. The number of halogens is 3. The molecule has 0 saturated heterocycles. The summed E-state index contributed by atoms with van der Waals surface area (Å²) in [6.07, 6.45) is -4.34.